The molecule has 0 radical (unpaired) electrons. The number of rotatable bonds is 5. The van der Waals surface area contributed by atoms with Crippen molar-refractivity contribution in [3.8, 4) is 0 Å². The van der Waals surface area contributed by atoms with Gasteiger partial charge >= 0.3 is 6.18 Å². The molecule has 3 unspecified atom stereocenters. The van der Waals surface area contributed by atoms with E-state index in [1.807, 2.05) is 17.1 Å². The van der Waals surface area contributed by atoms with Crippen molar-refractivity contribution in [1.82, 2.24) is 15.5 Å². The number of likely N-dealkylation sites (N-methyl/N-ethyl adjacent to an activating group) is 1. The van der Waals surface area contributed by atoms with Crippen LogP contribution in [0.4, 0.5) is 13.2 Å². The first-order valence-corrected chi connectivity index (χ1v) is 7.66. The summed E-state index contributed by atoms with van der Waals surface area (Å²) in [5.74, 6) is -0.542. The minimum Gasteiger partial charge on any atom is -0.346 e. The summed E-state index contributed by atoms with van der Waals surface area (Å²) in [5, 5.41) is 5.53. The lowest BCUT2D eigenvalue weighted by molar-refractivity contribution is -0.142. The largest absolute Gasteiger partial charge is 0.405 e. The Bertz CT molecular complexity index is 363. The molecule has 2 heterocycles. The van der Waals surface area contributed by atoms with Crippen molar-refractivity contribution >= 4 is 5.91 Å². The third-order valence-corrected chi connectivity index (χ3v) is 4.62. The average molecular weight is 307 g/mol. The molecule has 2 rings (SSSR count). The lowest BCUT2D eigenvalue weighted by atomic mass is 9.96. The Kier molecular flexibility index (Phi) is 5.14. The van der Waals surface area contributed by atoms with Gasteiger partial charge in [-0.3, -0.25) is 9.69 Å². The molecule has 3 atom stereocenters. The van der Waals surface area contributed by atoms with Gasteiger partial charge in [-0.2, -0.15) is 13.2 Å². The van der Waals surface area contributed by atoms with E-state index in [-0.39, 0.29) is 6.04 Å². The van der Waals surface area contributed by atoms with Crippen LogP contribution in [-0.2, 0) is 4.79 Å². The molecule has 2 aliphatic heterocycles. The van der Waals surface area contributed by atoms with Crippen LogP contribution >= 0.6 is 0 Å². The summed E-state index contributed by atoms with van der Waals surface area (Å²) in [6.07, 6.45) is -0.0938. The maximum atomic E-state index is 12.2. The normalized spacial score (nSPS) is 30.5. The molecule has 2 saturated heterocycles. The van der Waals surface area contributed by atoms with Gasteiger partial charge in [0.05, 0.1) is 6.04 Å². The van der Waals surface area contributed by atoms with Crippen molar-refractivity contribution in [1.29, 1.82) is 0 Å². The second-order valence-corrected chi connectivity index (χ2v) is 6.10. The van der Waals surface area contributed by atoms with Crippen LogP contribution in [0.15, 0.2) is 0 Å². The highest BCUT2D eigenvalue weighted by molar-refractivity contribution is 5.81. The molecule has 0 spiro atoms. The monoisotopic (exact) mass is 307 g/mol. The maximum absolute atomic E-state index is 12.2. The van der Waals surface area contributed by atoms with E-state index in [0.717, 1.165) is 25.7 Å². The fourth-order valence-electron chi connectivity index (χ4n) is 3.63. The van der Waals surface area contributed by atoms with Gasteiger partial charge in [-0.05, 0) is 39.2 Å². The Hall–Kier alpha value is -0.820. The third kappa shape index (κ3) is 4.32. The summed E-state index contributed by atoms with van der Waals surface area (Å²) in [5.41, 5.74) is 0. The molecule has 122 valence electrons. The Balaban J connectivity index is 1.91. The van der Waals surface area contributed by atoms with Gasteiger partial charge in [-0.15, -0.1) is 0 Å². The highest BCUT2D eigenvalue weighted by Crippen LogP contribution is 2.30. The number of carbonyl (C=O) groups excluding carboxylic acids is 1. The lowest BCUT2D eigenvalue weighted by Crippen LogP contribution is -2.55. The minimum absolute atomic E-state index is 0.278. The Morgan fingerprint density at radius 3 is 2.38 bits per heavy atom. The van der Waals surface area contributed by atoms with Gasteiger partial charge < -0.3 is 10.6 Å². The van der Waals surface area contributed by atoms with Gasteiger partial charge in [0.25, 0.3) is 0 Å². The van der Waals surface area contributed by atoms with Crippen LogP contribution in [0.2, 0.25) is 0 Å². The number of halogens is 3. The van der Waals surface area contributed by atoms with Gasteiger partial charge in [0, 0.05) is 18.1 Å². The van der Waals surface area contributed by atoms with Crippen LogP contribution in [0.5, 0.6) is 0 Å². The van der Waals surface area contributed by atoms with Crippen molar-refractivity contribution in [3.63, 3.8) is 0 Å². The van der Waals surface area contributed by atoms with Gasteiger partial charge in [0.15, 0.2) is 0 Å². The van der Waals surface area contributed by atoms with Crippen LogP contribution in [-0.4, -0.2) is 54.2 Å². The average Bonchev–Trinajstić information content (AvgIpc) is 2.75. The first kappa shape index (κ1) is 16.5. The summed E-state index contributed by atoms with van der Waals surface area (Å²) in [7, 11) is 0. The first-order valence-electron chi connectivity index (χ1n) is 7.66. The Morgan fingerprint density at radius 2 is 1.90 bits per heavy atom. The SMILES string of the molecule is CCN(C1CC2CCC(C1)N2)C(C)C(=O)NCC(F)(F)F. The summed E-state index contributed by atoms with van der Waals surface area (Å²) in [4.78, 5) is 14.0. The zero-order valence-corrected chi connectivity index (χ0v) is 12.5. The Morgan fingerprint density at radius 1 is 1.33 bits per heavy atom. The molecule has 0 aliphatic carbocycles. The van der Waals surface area contributed by atoms with E-state index in [2.05, 4.69) is 5.32 Å². The molecule has 4 nitrogen and oxygen atoms in total. The fourth-order valence-corrected chi connectivity index (χ4v) is 3.63. The number of nitrogens with zero attached hydrogens (tertiary/aromatic N) is 1. The molecule has 2 bridgehead atoms. The van der Waals surface area contributed by atoms with Crippen LogP contribution in [0, 0.1) is 0 Å². The summed E-state index contributed by atoms with van der Waals surface area (Å²) in [6, 6.07) is 0.738. The van der Waals surface area contributed by atoms with Crippen molar-refractivity contribution in [3.05, 3.63) is 0 Å². The van der Waals surface area contributed by atoms with Crippen molar-refractivity contribution in [2.75, 3.05) is 13.1 Å². The highest BCUT2D eigenvalue weighted by Gasteiger charge is 2.38. The van der Waals surface area contributed by atoms with Gasteiger partial charge in [-0.1, -0.05) is 6.92 Å². The Labute approximate surface area is 123 Å². The van der Waals surface area contributed by atoms with E-state index in [0.29, 0.717) is 18.6 Å². The number of carbonyl (C=O) groups is 1. The molecule has 2 aliphatic rings. The number of piperidine rings is 1. The van der Waals surface area contributed by atoms with E-state index in [9.17, 15) is 18.0 Å². The van der Waals surface area contributed by atoms with Crippen LogP contribution in [0.1, 0.15) is 39.5 Å². The van der Waals surface area contributed by atoms with Gasteiger partial charge in [0.2, 0.25) is 5.91 Å². The predicted molar refractivity (Wildman–Crippen MR) is 73.9 cm³/mol. The molecule has 0 aromatic carbocycles. The zero-order chi connectivity index (χ0) is 15.6. The van der Waals surface area contributed by atoms with Crippen LogP contribution < -0.4 is 10.6 Å². The predicted octanol–water partition coefficient (Wildman–Crippen LogP) is 1.66. The smallest absolute Gasteiger partial charge is 0.346 e. The van der Waals surface area contributed by atoms with Crippen molar-refractivity contribution in [2.45, 2.75) is 69.9 Å². The van der Waals surface area contributed by atoms with E-state index in [4.69, 9.17) is 0 Å². The summed E-state index contributed by atoms with van der Waals surface area (Å²) >= 11 is 0. The van der Waals surface area contributed by atoms with Crippen LogP contribution in [0.3, 0.4) is 0 Å². The highest BCUT2D eigenvalue weighted by atomic mass is 19.4. The molecular formula is C14H24F3N3O. The minimum atomic E-state index is -4.36. The molecule has 0 aromatic rings. The molecule has 2 N–H and O–H groups in total. The second kappa shape index (κ2) is 6.52. The third-order valence-electron chi connectivity index (χ3n) is 4.62. The van der Waals surface area contributed by atoms with E-state index in [1.165, 1.54) is 0 Å². The zero-order valence-electron chi connectivity index (χ0n) is 12.5. The van der Waals surface area contributed by atoms with E-state index in [1.54, 1.807) is 6.92 Å². The number of hydrogen-bond acceptors (Lipinski definition) is 3. The number of amides is 1. The van der Waals surface area contributed by atoms with E-state index < -0.39 is 24.7 Å². The van der Waals surface area contributed by atoms with Gasteiger partial charge in [0.1, 0.15) is 6.54 Å². The molecule has 7 heteroatoms. The first-order chi connectivity index (χ1) is 9.80. The molecule has 2 fully saturated rings. The fraction of sp³-hybridized carbons (Fsp3) is 0.929. The maximum Gasteiger partial charge on any atom is 0.405 e. The second-order valence-electron chi connectivity index (χ2n) is 6.10. The molecule has 0 aromatic heterocycles. The lowest BCUT2D eigenvalue weighted by Gasteiger charge is -2.40. The molecule has 0 saturated carbocycles. The van der Waals surface area contributed by atoms with Crippen LogP contribution in [0.25, 0.3) is 0 Å². The standard InChI is InChI=1S/C14H24F3N3O/c1-3-20(9(2)13(21)18-8-14(15,16)17)12-6-10-4-5-11(7-12)19-10/h9-12,19H,3-8H2,1-2H3,(H,18,21). The van der Waals surface area contributed by atoms with Crippen molar-refractivity contribution in [2.24, 2.45) is 0 Å². The molecular weight excluding hydrogens is 283 g/mol. The number of nitrogens with one attached hydrogen (secondary N) is 2. The molecule has 21 heavy (non-hydrogen) atoms. The van der Waals surface area contributed by atoms with Gasteiger partial charge in [-0.25, -0.2) is 0 Å². The number of fused-ring (bicyclic) bond motifs is 2. The van der Waals surface area contributed by atoms with Crippen molar-refractivity contribution < 1.29 is 18.0 Å². The summed E-state index contributed by atoms with van der Waals surface area (Å²) < 4.78 is 36.6. The molecule has 1 amide bonds. The number of alkyl halides is 3. The number of hydrogen-bond donors (Lipinski definition) is 2. The topological polar surface area (TPSA) is 44.4 Å². The van der Waals surface area contributed by atoms with E-state index >= 15 is 0 Å². The summed E-state index contributed by atoms with van der Waals surface area (Å²) in [6.45, 7) is 3.06. The quantitative estimate of drug-likeness (QED) is 0.812.